The molecule has 2 aromatic carbocycles. The second kappa shape index (κ2) is 8.79. The van der Waals surface area contributed by atoms with Crippen LogP contribution >= 0.6 is 11.8 Å². The molecule has 0 bridgehead atoms. The Morgan fingerprint density at radius 3 is 2.72 bits per heavy atom. The summed E-state index contributed by atoms with van der Waals surface area (Å²) in [4.78, 5) is 12.2. The third kappa shape index (κ3) is 4.41. The summed E-state index contributed by atoms with van der Waals surface area (Å²) in [5.74, 6) is 1.45. The summed E-state index contributed by atoms with van der Waals surface area (Å²) < 4.78 is 7.82. The second-order valence-electron chi connectivity index (χ2n) is 6.40. The van der Waals surface area contributed by atoms with E-state index in [1.165, 1.54) is 11.8 Å². The first kappa shape index (κ1) is 19.0. The van der Waals surface area contributed by atoms with Crippen molar-refractivity contribution in [2.75, 3.05) is 5.75 Å². The highest BCUT2D eigenvalue weighted by Gasteiger charge is 2.18. The van der Waals surface area contributed by atoms with Crippen molar-refractivity contribution < 1.29 is 9.21 Å². The van der Waals surface area contributed by atoms with E-state index in [1.54, 1.807) is 6.08 Å². The number of furan rings is 1. The van der Waals surface area contributed by atoms with E-state index in [0.717, 1.165) is 16.5 Å². The molecular formula is C22H20N4O2S. The highest BCUT2D eigenvalue weighted by Crippen LogP contribution is 2.29. The van der Waals surface area contributed by atoms with Crippen LogP contribution in [-0.4, -0.2) is 26.4 Å². The van der Waals surface area contributed by atoms with E-state index in [1.807, 2.05) is 65.2 Å². The molecule has 1 amide bonds. The lowest BCUT2D eigenvalue weighted by Crippen LogP contribution is -2.24. The molecule has 6 nitrogen and oxygen atoms in total. The molecule has 146 valence electrons. The summed E-state index contributed by atoms with van der Waals surface area (Å²) in [6, 6.07) is 19.6. The number of para-hydroxylation sites is 1. The zero-order valence-corrected chi connectivity index (χ0v) is 16.6. The van der Waals surface area contributed by atoms with E-state index in [2.05, 4.69) is 22.1 Å². The van der Waals surface area contributed by atoms with Crippen LogP contribution in [0.15, 0.2) is 82.9 Å². The molecule has 0 saturated heterocycles. The van der Waals surface area contributed by atoms with Crippen LogP contribution in [0, 0.1) is 0 Å². The molecule has 1 N–H and O–H groups in total. The van der Waals surface area contributed by atoms with Crippen LogP contribution in [0.4, 0.5) is 0 Å². The number of hydrogen-bond acceptors (Lipinski definition) is 5. The van der Waals surface area contributed by atoms with E-state index in [0.29, 0.717) is 29.8 Å². The van der Waals surface area contributed by atoms with Gasteiger partial charge in [-0.3, -0.25) is 9.36 Å². The number of fused-ring (bicyclic) bond motifs is 1. The van der Waals surface area contributed by atoms with Crippen molar-refractivity contribution in [3.63, 3.8) is 0 Å². The molecular weight excluding hydrogens is 384 g/mol. The molecule has 0 atom stereocenters. The average Bonchev–Trinajstić information content (AvgIpc) is 3.35. The normalized spacial score (nSPS) is 10.9. The first-order valence-electron chi connectivity index (χ1n) is 9.21. The van der Waals surface area contributed by atoms with Crippen LogP contribution in [-0.2, 0) is 17.9 Å². The van der Waals surface area contributed by atoms with Crippen molar-refractivity contribution in [2.24, 2.45) is 0 Å². The Morgan fingerprint density at radius 1 is 1.14 bits per heavy atom. The van der Waals surface area contributed by atoms with E-state index >= 15 is 0 Å². The van der Waals surface area contributed by atoms with Crippen molar-refractivity contribution in [1.82, 2.24) is 20.1 Å². The Balaban J connectivity index is 1.46. The van der Waals surface area contributed by atoms with Gasteiger partial charge in [0.25, 0.3) is 0 Å². The molecule has 29 heavy (non-hydrogen) atoms. The van der Waals surface area contributed by atoms with E-state index in [4.69, 9.17) is 4.42 Å². The fraction of sp³-hybridized carbons (Fsp3) is 0.136. The van der Waals surface area contributed by atoms with Gasteiger partial charge in [0.05, 0.1) is 5.75 Å². The number of carbonyl (C=O) groups is 1. The summed E-state index contributed by atoms with van der Waals surface area (Å²) in [6.07, 6.45) is 1.77. The molecule has 0 spiro atoms. The lowest BCUT2D eigenvalue weighted by Gasteiger charge is -2.07. The Morgan fingerprint density at radius 2 is 1.93 bits per heavy atom. The Kier molecular flexibility index (Phi) is 5.76. The quantitative estimate of drug-likeness (QED) is 0.350. The minimum Gasteiger partial charge on any atom is -0.453 e. The van der Waals surface area contributed by atoms with Gasteiger partial charge in [0.2, 0.25) is 11.7 Å². The van der Waals surface area contributed by atoms with Crippen LogP contribution < -0.4 is 5.32 Å². The minimum atomic E-state index is -0.0581. The lowest BCUT2D eigenvalue weighted by atomic mass is 10.2. The number of hydrogen-bond donors (Lipinski definition) is 1. The van der Waals surface area contributed by atoms with Gasteiger partial charge in [-0.15, -0.1) is 16.8 Å². The van der Waals surface area contributed by atoms with Gasteiger partial charge < -0.3 is 9.73 Å². The number of carbonyl (C=O) groups excluding carboxylic acids is 1. The van der Waals surface area contributed by atoms with Crippen molar-refractivity contribution in [1.29, 1.82) is 0 Å². The summed E-state index contributed by atoms with van der Waals surface area (Å²) in [7, 11) is 0. The number of nitrogens with one attached hydrogen (secondary N) is 1. The lowest BCUT2D eigenvalue weighted by molar-refractivity contribution is -0.118. The molecule has 4 rings (SSSR count). The zero-order valence-electron chi connectivity index (χ0n) is 15.7. The number of allylic oxidation sites excluding steroid dienone is 1. The van der Waals surface area contributed by atoms with E-state index in [9.17, 15) is 4.79 Å². The highest BCUT2D eigenvalue weighted by atomic mass is 32.2. The Bertz CT molecular complexity index is 1100. The van der Waals surface area contributed by atoms with E-state index in [-0.39, 0.29) is 11.7 Å². The predicted molar refractivity (Wildman–Crippen MR) is 114 cm³/mol. The van der Waals surface area contributed by atoms with Gasteiger partial charge in [0.1, 0.15) is 5.58 Å². The maximum Gasteiger partial charge on any atom is 0.230 e. The van der Waals surface area contributed by atoms with Crippen molar-refractivity contribution in [3.05, 3.63) is 78.9 Å². The summed E-state index contributed by atoms with van der Waals surface area (Å²) >= 11 is 1.34. The summed E-state index contributed by atoms with van der Waals surface area (Å²) in [5, 5.41) is 13.1. The van der Waals surface area contributed by atoms with E-state index < -0.39 is 0 Å². The zero-order chi connectivity index (χ0) is 20.1. The van der Waals surface area contributed by atoms with Gasteiger partial charge in [-0.1, -0.05) is 66.4 Å². The first-order chi connectivity index (χ1) is 14.2. The van der Waals surface area contributed by atoms with Crippen LogP contribution in [0.3, 0.4) is 0 Å². The van der Waals surface area contributed by atoms with Gasteiger partial charge in [0, 0.05) is 18.5 Å². The summed E-state index contributed by atoms with van der Waals surface area (Å²) in [6.45, 7) is 4.84. The molecule has 0 unspecified atom stereocenters. The summed E-state index contributed by atoms with van der Waals surface area (Å²) in [5.41, 5.74) is 1.86. The number of thioether (sulfide) groups is 1. The Labute approximate surface area is 172 Å². The van der Waals surface area contributed by atoms with Gasteiger partial charge in [-0.25, -0.2) is 0 Å². The van der Waals surface area contributed by atoms with Crippen molar-refractivity contribution in [2.45, 2.75) is 18.2 Å². The van der Waals surface area contributed by atoms with Crippen LogP contribution in [0.5, 0.6) is 0 Å². The first-order valence-corrected chi connectivity index (χ1v) is 10.2. The predicted octanol–water partition coefficient (Wildman–Crippen LogP) is 4.29. The molecule has 0 radical (unpaired) electrons. The maximum absolute atomic E-state index is 12.2. The van der Waals surface area contributed by atoms with Crippen molar-refractivity contribution >= 4 is 28.6 Å². The number of aromatic nitrogens is 3. The largest absolute Gasteiger partial charge is 0.453 e. The third-order valence-corrected chi connectivity index (χ3v) is 5.31. The maximum atomic E-state index is 12.2. The standard InChI is InChI=1S/C22H20N4O2S/c1-2-12-26-21(19-13-17-10-6-7-11-18(17)28-19)24-25-22(26)29-15-20(27)23-14-16-8-4-3-5-9-16/h2-11,13H,1,12,14-15H2,(H,23,27). The van der Waals surface area contributed by atoms with Gasteiger partial charge in [-0.05, 0) is 17.7 Å². The molecule has 0 aliphatic rings. The van der Waals surface area contributed by atoms with Gasteiger partial charge in [-0.2, -0.15) is 0 Å². The minimum absolute atomic E-state index is 0.0581. The van der Waals surface area contributed by atoms with Crippen molar-refractivity contribution in [3.8, 4) is 11.6 Å². The molecule has 7 heteroatoms. The molecule has 2 aromatic heterocycles. The molecule has 0 saturated carbocycles. The molecule has 0 aliphatic carbocycles. The Hall–Kier alpha value is -3.32. The highest BCUT2D eigenvalue weighted by molar-refractivity contribution is 7.99. The number of nitrogens with zero attached hydrogens (tertiary/aromatic N) is 3. The molecule has 0 aliphatic heterocycles. The molecule has 2 heterocycles. The SMILES string of the molecule is C=CCn1c(SCC(=O)NCc2ccccc2)nnc1-c1cc2ccccc2o1. The van der Waals surface area contributed by atoms with Crippen LogP contribution in [0.1, 0.15) is 5.56 Å². The monoisotopic (exact) mass is 404 g/mol. The molecule has 0 fully saturated rings. The second-order valence-corrected chi connectivity index (χ2v) is 7.35. The number of amides is 1. The van der Waals surface area contributed by atoms with Crippen LogP contribution in [0.2, 0.25) is 0 Å². The number of rotatable bonds is 8. The fourth-order valence-corrected chi connectivity index (χ4v) is 3.72. The topological polar surface area (TPSA) is 73.0 Å². The fourth-order valence-electron chi connectivity index (χ4n) is 2.94. The van der Waals surface area contributed by atoms with Gasteiger partial charge in [0.15, 0.2) is 10.9 Å². The molecule has 4 aromatic rings. The van der Waals surface area contributed by atoms with Gasteiger partial charge >= 0.3 is 0 Å². The number of benzene rings is 2. The average molecular weight is 404 g/mol. The smallest absolute Gasteiger partial charge is 0.230 e. The van der Waals surface area contributed by atoms with Crippen LogP contribution in [0.25, 0.3) is 22.6 Å². The third-order valence-electron chi connectivity index (χ3n) is 4.34.